The second kappa shape index (κ2) is 9.16. The summed E-state index contributed by atoms with van der Waals surface area (Å²) in [6.07, 6.45) is 4.43. The molecule has 0 saturated carbocycles. The molecule has 0 unspecified atom stereocenters. The van der Waals surface area contributed by atoms with Gasteiger partial charge >= 0.3 is 0 Å². The van der Waals surface area contributed by atoms with Gasteiger partial charge in [0.2, 0.25) is 0 Å². The number of hydrogen-bond donors (Lipinski definition) is 1. The molecule has 126 valence electrons. The van der Waals surface area contributed by atoms with Gasteiger partial charge in [0.1, 0.15) is 0 Å². The molecule has 3 nitrogen and oxygen atoms in total. The molecule has 0 aromatic heterocycles. The molecule has 0 amide bonds. The zero-order valence-electron chi connectivity index (χ0n) is 14.9. The van der Waals surface area contributed by atoms with Crippen LogP contribution in [-0.4, -0.2) is 19.0 Å². The van der Waals surface area contributed by atoms with E-state index in [1.165, 1.54) is 17.5 Å². The van der Waals surface area contributed by atoms with Gasteiger partial charge in [-0.25, -0.2) is 0 Å². The molecule has 0 radical (unpaired) electrons. The lowest BCUT2D eigenvalue weighted by Crippen LogP contribution is -2.30. The van der Waals surface area contributed by atoms with Crippen molar-refractivity contribution in [1.29, 1.82) is 0 Å². The molecule has 0 atom stereocenters. The van der Waals surface area contributed by atoms with Crippen LogP contribution in [0, 0.1) is 19.8 Å². The van der Waals surface area contributed by atoms with E-state index in [0.29, 0.717) is 0 Å². The van der Waals surface area contributed by atoms with E-state index in [1.54, 1.807) is 0 Å². The van der Waals surface area contributed by atoms with Gasteiger partial charge in [-0.3, -0.25) is 0 Å². The molecular formula is C19H33NO2. The van der Waals surface area contributed by atoms with Crippen LogP contribution in [0.2, 0.25) is 0 Å². The molecule has 0 spiro atoms. The van der Waals surface area contributed by atoms with Crippen molar-refractivity contribution < 1.29 is 9.47 Å². The van der Waals surface area contributed by atoms with Gasteiger partial charge in [0.25, 0.3) is 0 Å². The molecule has 1 heterocycles. The minimum absolute atomic E-state index is 0.223. The van der Waals surface area contributed by atoms with E-state index in [1.807, 2.05) is 18.2 Å². The highest BCUT2D eigenvalue weighted by atomic mass is 16.7. The maximum Gasteiger partial charge on any atom is 0.168 e. The summed E-state index contributed by atoms with van der Waals surface area (Å²) in [4.78, 5) is 0. The number of hydrogen-bond acceptors (Lipinski definition) is 3. The van der Waals surface area contributed by atoms with Crippen molar-refractivity contribution in [2.24, 2.45) is 5.92 Å². The van der Waals surface area contributed by atoms with Crippen molar-refractivity contribution in [2.75, 3.05) is 18.9 Å². The topological polar surface area (TPSA) is 44.5 Å². The zero-order valence-corrected chi connectivity index (χ0v) is 14.9. The van der Waals surface area contributed by atoms with Gasteiger partial charge in [0, 0.05) is 18.5 Å². The van der Waals surface area contributed by atoms with Crippen LogP contribution in [-0.2, 0) is 9.47 Å². The first-order valence-corrected chi connectivity index (χ1v) is 8.49. The molecule has 1 aliphatic heterocycles. The monoisotopic (exact) mass is 307 g/mol. The molecule has 22 heavy (non-hydrogen) atoms. The van der Waals surface area contributed by atoms with E-state index >= 15 is 0 Å². The van der Waals surface area contributed by atoms with Crippen molar-refractivity contribution in [3.8, 4) is 0 Å². The van der Waals surface area contributed by atoms with Crippen LogP contribution < -0.4 is 5.73 Å². The fourth-order valence-electron chi connectivity index (χ4n) is 2.56. The minimum atomic E-state index is -0.223. The summed E-state index contributed by atoms with van der Waals surface area (Å²) in [5.41, 5.74) is 8.93. The predicted octanol–water partition coefficient (Wildman–Crippen LogP) is 4.85. The third-order valence-electron chi connectivity index (χ3n) is 4.08. The number of benzene rings is 1. The van der Waals surface area contributed by atoms with Crippen molar-refractivity contribution in [3.63, 3.8) is 0 Å². The van der Waals surface area contributed by atoms with Crippen molar-refractivity contribution in [3.05, 3.63) is 29.3 Å². The van der Waals surface area contributed by atoms with Gasteiger partial charge in [0.15, 0.2) is 5.79 Å². The quantitative estimate of drug-likeness (QED) is 0.791. The number of ether oxygens (including phenoxy) is 2. The summed E-state index contributed by atoms with van der Waals surface area (Å²) < 4.78 is 11.4. The van der Waals surface area contributed by atoms with Gasteiger partial charge in [0.05, 0.1) is 13.2 Å². The highest BCUT2D eigenvalue weighted by molar-refractivity contribution is 5.43. The summed E-state index contributed by atoms with van der Waals surface area (Å²) >= 11 is 0. The fourth-order valence-corrected chi connectivity index (χ4v) is 2.56. The third-order valence-corrected chi connectivity index (χ3v) is 4.08. The first-order valence-electron chi connectivity index (χ1n) is 8.49. The van der Waals surface area contributed by atoms with Crippen LogP contribution in [0.5, 0.6) is 0 Å². The molecule has 1 aliphatic rings. The van der Waals surface area contributed by atoms with Crippen LogP contribution in [0.1, 0.15) is 57.6 Å². The lowest BCUT2D eigenvalue weighted by Gasteiger charge is -2.27. The second-order valence-corrected chi connectivity index (χ2v) is 6.63. The van der Waals surface area contributed by atoms with E-state index < -0.39 is 0 Å². The smallest absolute Gasteiger partial charge is 0.168 e. The Morgan fingerprint density at radius 3 is 2.18 bits per heavy atom. The van der Waals surface area contributed by atoms with Crippen molar-refractivity contribution >= 4 is 5.69 Å². The molecule has 1 aromatic rings. The Hall–Kier alpha value is -1.06. The Balaban J connectivity index is 0.000000235. The van der Waals surface area contributed by atoms with Crippen molar-refractivity contribution in [2.45, 2.75) is 66.1 Å². The minimum Gasteiger partial charge on any atom is -0.399 e. The van der Waals surface area contributed by atoms with Crippen molar-refractivity contribution in [1.82, 2.24) is 0 Å². The standard InChI is InChI=1S/C11H22O2.C8H11N/c1-4-6-11(7-5-10(2)3)12-8-9-13-11;1-6-3-4-8(9)5-7(6)2/h10H,4-9H2,1-3H3;3-5H,9H2,1-2H3. The molecule has 0 bridgehead atoms. The molecule has 2 N–H and O–H groups in total. The van der Waals surface area contributed by atoms with Gasteiger partial charge in [-0.2, -0.15) is 0 Å². The second-order valence-electron chi connectivity index (χ2n) is 6.63. The fraction of sp³-hybridized carbons (Fsp3) is 0.684. The number of nitrogens with two attached hydrogens (primary N) is 1. The number of anilines is 1. The van der Waals surface area contributed by atoms with E-state index in [0.717, 1.165) is 44.1 Å². The van der Waals surface area contributed by atoms with Crippen LogP contribution in [0.15, 0.2) is 18.2 Å². The first kappa shape index (κ1) is 19.0. The normalized spacial score (nSPS) is 16.5. The average Bonchev–Trinajstić information content (AvgIpc) is 2.91. The summed E-state index contributed by atoms with van der Waals surface area (Å²) in [5, 5.41) is 0. The summed E-state index contributed by atoms with van der Waals surface area (Å²) in [6, 6.07) is 5.93. The van der Waals surface area contributed by atoms with Crippen LogP contribution in [0.4, 0.5) is 5.69 Å². The zero-order chi connectivity index (χ0) is 16.6. The molecule has 3 heteroatoms. The van der Waals surface area contributed by atoms with E-state index in [9.17, 15) is 0 Å². The van der Waals surface area contributed by atoms with Crippen LogP contribution in [0.3, 0.4) is 0 Å². The Kier molecular flexibility index (Phi) is 7.91. The van der Waals surface area contributed by atoms with Crippen LogP contribution in [0.25, 0.3) is 0 Å². The highest BCUT2D eigenvalue weighted by Gasteiger charge is 2.34. The maximum absolute atomic E-state index is 5.71. The SMILES string of the molecule is CCCC1(CCC(C)C)OCCO1.Cc1ccc(N)cc1C. The Morgan fingerprint density at radius 2 is 1.73 bits per heavy atom. The van der Waals surface area contributed by atoms with E-state index in [2.05, 4.69) is 34.6 Å². The maximum atomic E-state index is 5.71. The molecule has 2 rings (SSSR count). The van der Waals surface area contributed by atoms with Gasteiger partial charge in [-0.1, -0.05) is 33.3 Å². The van der Waals surface area contributed by atoms with E-state index in [-0.39, 0.29) is 5.79 Å². The van der Waals surface area contributed by atoms with E-state index in [4.69, 9.17) is 15.2 Å². The van der Waals surface area contributed by atoms with Gasteiger partial charge in [-0.15, -0.1) is 0 Å². The Bertz CT molecular complexity index is 437. The summed E-state index contributed by atoms with van der Waals surface area (Å²) in [5.74, 6) is 0.514. The molecule has 1 aromatic carbocycles. The molecule has 0 aliphatic carbocycles. The Labute approximate surface area is 136 Å². The van der Waals surface area contributed by atoms with Crippen LogP contribution >= 0.6 is 0 Å². The Morgan fingerprint density at radius 1 is 1.09 bits per heavy atom. The lowest BCUT2D eigenvalue weighted by molar-refractivity contribution is -0.169. The average molecular weight is 307 g/mol. The number of aryl methyl sites for hydroxylation is 2. The predicted molar refractivity (Wildman–Crippen MR) is 93.9 cm³/mol. The van der Waals surface area contributed by atoms with Gasteiger partial charge in [-0.05, 0) is 49.4 Å². The van der Waals surface area contributed by atoms with Gasteiger partial charge < -0.3 is 15.2 Å². The summed E-state index contributed by atoms with van der Waals surface area (Å²) in [7, 11) is 0. The molecule has 1 fully saturated rings. The highest BCUT2D eigenvalue weighted by Crippen LogP contribution is 2.31. The number of rotatable bonds is 5. The number of nitrogen functional groups attached to an aromatic ring is 1. The summed E-state index contributed by atoms with van der Waals surface area (Å²) in [6.45, 7) is 12.4. The largest absolute Gasteiger partial charge is 0.399 e. The molecule has 1 saturated heterocycles. The first-order chi connectivity index (χ1) is 10.4. The third kappa shape index (κ3) is 6.37. The lowest BCUT2D eigenvalue weighted by atomic mass is 9.99. The molecular weight excluding hydrogens is 274 g/mol.